The first-order chi connectivity index (χ1) is 7.67. The molecule has 0 aliphatic heterocycles. The highest BCUT2D eigenvalue weighted by Crippen LogP contribution is 2.05. The second-order valence-corrected chi connectivity index (χ2v) is 3.48. The third kappa shape index (κ3) is 3.63. The number of nitrogens with one attached hydrogen (secondary N) is 2. The van der Waals surface area contributed by atoms with Gasteiger partial charge < -0.3 is 15.4 Å². The van der Waals surface area contributed by atoms with Gasteiger partial charge in [-0.25, -0.2) is 0 Å². The van der Waals surface area contributed by atoms with Crippen LogP contribution in [-0.2, 0) is 16.1 Å². The number of rotatable bonds is 6. The van der Waals surface area contributed by atoms with E-state index in [1.165, 1.54) is 0 Å². The van der Waals surface area contributed by atoms with E-state index in [0.29, 0.717) is 18.8 Å². The molecule has 6 nitrogen and oxygen atoms in total. The number of hydrogen-bond donors (Lipinski definition) is 2. The Morgan fingerprint density at radius 1 is 1.69 bits per heavy atom. The molecule has 0 aliphatic rings. The van der Waals surface area contributed by atoms with Crippen LogP contribution in [-0.4, -0.2) is 42.5 Å². The van der Waals surface area contributed by atoms with Gasteiger partial charge in [0.2, 0.25) is 5.91 Å². The van der Waals surface area contributed by atoms with Crippen molar-refractivity contribution in [1.82, 2.24) is 15.1 Å². The Kier molecular flexibility index (Phi) is 4.94. The van der Waals surface area contributed by atoms with Crippen molar-refractivity contribution in [3.63, 3.8) is 0 Å². The molecule has 0 radical (unpaired) electrons. The maximum Gasteiger partial charge on any atom is 0.241 e. The second-order valence-electron chi connectivity index (χ2n) is 3.48. The number of nitrogens with zero attached hydrogens (tertiary/aromatic N) is 2. The SMILES string of the molecule is CNC(C)C(=O)Nc1cnn(CCOC)c1. The van der Waals surface area contributed by atoms with Crippen LogP contribution >= 0.6 is 0 Å². The summed E-state index contributed by atoms with van der Waals surface area (Å²) in [5.41, 5.74) is 0.697. The first kappa shape index (κ1) is 12.7. The van der Waals surface area contributed by atoms with Crippen LogP contribution in [0, 0.1) is 0 Å². The van der Waals surface area contributed by atoms with E-state index in [-0.39, 0.29) is 11.9 Å². The molecule has 6 heteroatoms. The topological polar surface area (TPSA) is 68.2 Å². The highest BCUT2D eigenvalue weighted by Gasteiger charge is 2.10. The summed E-state index contributed by atoms with van der Waals surface area (Å²) in [5, 5.41) is 9.72. The maximum atomic E-state index is 11.5. The minimum Gasteiger partial charge on any atom is -0.383 e. The number of aromatic nitrogens is 2. The lowest BCUT2D eigenvalue weighted by molar-refractivity contribution is -0.117. The van der Waals surface area contributed by atoms with Crippen molar-refractivity contribution in [2.24, 2.45) is 0 Å². The van der Waals surface area contributed by atoms with E-state index >= 15 is 0 Å². The average molecular weight is 226 g/mol. The standard InChI is InChI=1S/C10H18N4O2/c1-8(11-2)10(15)13-9-6-12-14(7-9)4-5-16-3/h6-8,11H,4-5H2,1-3H3,(H,13,15). The number of ether oxygens (including phenoxy) is 1. The summed E-state index contributed by atoms with van der Waals surface area (Å²) in [7, 11) is 3.38. The zero-order valence-corrected chi connectivity index (χ0v) is 9.86. The Hall–Kier alpha value is -1.40. The van der Waals surface area contributed by atoms with Gasteiger partial charge in [0, 0.05) is 13.3 Å². The van der Waals surface area contributed by atoms with Gasteiger partial charge in [-0.2, -0.15) is 5.10 Å². The van der Waals surface area contributed by atoms with E-state index in [9.17, 15) is 4.79 Å². The van der Waals surface area contributed by atoms with Crippen molar-refractivity contribution >= 4 is 11.6 Å². The summed E-state index contributed by atoms with van der Waals surface area (Å²) < 4.78 is 6.66. The average Bonchev–Trinajstić information content (AvgIpc) is 2.72. The predicted octanol–water partition coefficient (Wildman–Crippen LogP) is 0.0759. The van der Waals surface area contributed by atoms with Crippen molar-refractivity contribution in [1.29, 1.82) is 0 Å². The van der Waals surface area contributed by atoms with E-state index in [1.54, 1.807) is 38.2 Å². The fourth-order valence-corrected chi connectivity index (χ4v) is 1.12. The third-order valence-corrected chi connectivity index (χ3v) is 2.25. The molecule has 0 saturated carbocycles. The summed E-state index contributed by atoms with van der Waals surface area (Å²) in [5.74, 6) is -0.0752. The van der Waals surface area contributed by atoms with Crippen LogP contribution in [0.5, 0.6) is 0 Å². The Balaban J connectivity index is 2.48. The number of carbonyl (C=O) groups excluding carboxylic acids is 1. The van der Waals surface area contributed by atoms with Gasteiger partial charge in [0.05, 0.1) is 31.1 Å². The van der Waals surface area contributed by atoms with E-state index in [0.717, 1.165) is 0 Å². The minimum absolute atomic E-state index is 0.0752. The minimum atomic E-state index is -0.220. The van der Waals surface area contributed by atoms with Crippen LogP contribution in [0.25, 0.3) is 0 Å². The Bertz CT molecular complexity index is 337. The Labute approximate surface area is 95.0 Å². The Morgan fingerprint density at radius 3 is 3.06 bits per heavy atom. The molecule has 1 aromatic heterocycles. The molecule has 0 bridgehead atoms. The largest absolute Gasteiger partial charge is 0.383 e. The summed E-state index contributed by atoms with van der Waals surface area (Å²) in [4.78, 5) is 11.5. The van der Waals surface area contributed by atoms with Crippen LogP contribution in [0.4, 0.5) is 5.69 Å². The van der Waals surface area contributed by atoms with Crippen molar-refractivity contribution < 1.29 is 9.53 Å². The lowest BCUT2D eigenvalue weighted by Crippen LogP contribution is -2.35. The third-order valence-electron chi connectivity index (χ3n) is 2.25. The summed E-state index contributed by atoms with van der Waals surface area (Å²) in [6.45, 7) is 3.07. The number of hydrogen-bond acceptors (Lipinski definition) is 4. The molecular formula is C10H18N4O2. The molecule has 0 fully saturated rings. The monoisotopic (exact) mass is 226 g/mol. The highest BCUT2D eigenvalue weighted by atomic mass is 16.5. The predicted molar refractivity (Wildman–Crippen MR) is 61.3 cm³/mol. The van der Waals surface area contributed by atoms with E-state index in [2.05, 4.69) is 15.7 Å². The van der Waals surface area contributed by atoms with E-state index < -0.39 is 0 Å². The van der Waals surface area contributed by atoms with Gasteiger partial charge >= 0.3 is 0 Å². The van der Waals surface area contributed by atoms with E-state index in [4.69, 9.17) is 4.74 Å². The lowest BCUT2D eigenvalue weighted by Gasteiger charge is -2.08. The molecule has 1 atom stereocenters. The number of amides is 1. The highest BCUT2D eigenvalue weighted by molar-refractivity contribution is 5.94. The van der Waals surface area contributed by atoms with Crippen LogP contribution in [0.3, 0.4) is 0 Å². The van der Waals surface area contributed by atoms with Crippen molar-refractivity contribution in [3.8, 4) is 0 Å². The fraction of sp³-hybridized carbons (Fsp3) is 0.600. The first-order valence-corrected chi connectivity index (χ1v) is 5.17. The van der Waals surface area contributed by atoms with Gasteiger partial charge in [-0.15, -0.1) is 0 Å². The van der Waals surface area contributed by atoms with Gasteiger partial charge in [-0.05, 0) is 14.0 Å². The molecule has 0 aromatic carbocycles. The van der Waals surface area contributed by atoms with Crippen LogP contribution in [0.1, 0.15) is 6.92 Å². The van der Waals surface area contributed by atoms with Gasteiger partial charge in [0.1, 0.15) is 0 Å². The summed E-state index contributed by atoms with van der Waals surface area (Å²) in [6, 6.07) is -0.220. The molecule has 1 unspecified atom stereocenters. The number of likely N-dealkylation sites (N-methyl/N-ethyl adjacent to an activating group) is 1. The first-order valence-electron chi connectivity index (χ1n) is 5.17. The van der Waals surface area contributed by atoms with Crippen LogP contribution in [0.2, 0.25) is 0 Å². The van der Waals surface area contributed by atoms with Gasteiger partial charge in [0.15, 0.2) is 0 Å². The van der Waals surface area contributed by atoms with Crippen LogP contribution < -0.4 is 10.6 Å². The van der Waals surface area contributed by atoms with Gasteiger partial charge in [0.25, 0.3) is 0 Å². The van der Waals surface area contributed by atoms with Crippen molar-refractivity contribution in [2.75, 3.05) is 26.1 Å². The lowest BCUT2D eigenvalue weighted by atomic mass is 10.3. The molecule has 0 saturated heterocycles. The molecule has 0 aliphatic carbocycles. The molecule has 1 heterocycles. The number of methoxy groups -OCH3 is 1. The van der Waals surface area contributed by atoms with Crippen molar-refractivity contribution in [3.05, 3.63) is 12.4 Å². The molecule has 90 valence electrons. The van der Waals surface area contributed by atoms with Crippen molar-refractivity contribution in [2.45, 2.75) is 19.5 Å². The zero-order chi connectivity index (χ0) is 12.0. The molecule has 1 amide bonds. The second kappa shape index (κ2) is 6.24. The summed E-state index contributed by atoms with van der Waals surface area (Å²) in [6.07, 6.45) is 3.40. The molecule has 1 aromatic rings. The quantitative estimate of drug-likeness (QED) is 0.720. The normalized spacial score (nSPS) is 12.4. The van der Waals surface area contributed by atoms with E-state index in [1.807, 2.05) is 0 Å². The number of anilines is 1. The molecule has 1 rings (SSSR count). The number of carbonyl (C=O) groups is 1. The molecule has 0 spiro atoms. The smallest absolute Gasteiger partial charge is 0.241 e. The molecular weight excluding hydrogens is 208 g/mol. The van der Waals surface area contributed by atoms with Gasteiger partial charge in [-0.1, -0.05) is 0 Å². The Morgan fingerprint density at radius 2 is 2.44 bits per heavy atom. The zero-order valence-electron chi connectivity index (χ0n) is 9.86. The fourth-order valence-electron chi connectivity index (χ4n) is 1.12. The summed E-state index contributed by atoms with van der Waals surface area (Å²) >= 11 is 0. The molecule has 16 heavy (non-hydrogen) atoms. The van der Waals surface area contributed by atoms with Crippen LogP contribution in [0.15, 0.2) is 12.4 Å². The maximum absolute atomic E-state index is 11.5. The molecule has 2 N–H and O–H groups in total. The van der Waals surface area contributed by atoms with Gasteiger partial charge in [-0.3, -0.25) is 9.48 Å².